The van der Waals surface area contributed by atoms with Crippen molar-refractivity contribution in [1.82, 2.24) is 10.2 Å². The van der Waals surface area contributed by atoms with Gasteiger partial charge in [-0.25, -0.2) is 0 Å². The molecule has 1 saturated heterocycles. The van der Waals surface area contributed by atoms with Gasteiger partial charge in [-0.2, -0.15) is 0 Å². The second kappa shape index (κ2) is 5.71. The molecule has 0 radical (unpaired) electrons. The zero-order valence-electron chi connectivity index (χ0n) is 12.5. The first-order valence-electron chi connectivity index (χ1n) is 7.46. The first-order valence-corrected chi connectivity index (χ1v) is 8.22. The van der Waals surface area contributed by atoms with Crippen LogP contribution in [0.15, 0.2) is 12.1 Å². The lowest BCUT2D eigenvalue weighted by molar-refractivity contribution is 0.0554. The van der Waals surface area contributed by atoms with Gasteiger partial charge in [0.2, 0.25) is 0 Å². The first-order chi connectivity index (χ1) is 9.89. The molecule has 2 aliphatic rings. The van der Waals surface area contributed by atoms with Crippen molar-refractivity contribution >= 4 is 23.2 Å². The van der Waals surface area contributed by atoms with Crippen molar-refractivity contribution in [3.63, 3.8) is 0 Å². The lowest BCUT2D eigenvalue weighted by Gasteiger charge is -2.35. The molecule has 0 aromatic heterocycles. The summed E-state index contributed by atoms with van der Waals surface area (Å²) in [7, 11) is 2.08. The fraction of sp³-hybridized carbons (Fsp3) is 0.625. The SMILES string of the molecule is CN(CC1(C)CCNC1)C1c2cc(Cl)cc(Cl)c2CC1O. The van der Waals surface area contributed by atoms with Crippen LogP contribution < -0.4 is 5.32 Å². The van der Waals surface area contributed by atoms with E-state index in [1.54, 1.807) is 6.07 Å². The van der Waals surface area contributed by atoms with Gasteiger partial charge in [-0.05, 0) is 48.7 Å². The quantitative estimate of drug-likeness (QED) is 0.895. The highest BCUT2D eigenvalue weighted by Gasteiger charge is 2.39. The number of aliphatic hydroxyl groups excluding tert-OH is 1. The molecule has 1 heterocycles. The van der Waals surface area contributed by atoms with Crippen molar-refractivity contribution in [1.29, 1.82) is 0 Å². The van der Waals surface area contributed by atoms with E-state index in [4.69, 9.17) is 23.2 Å². The molecule has 3 unspecified atom stereocenters. The molecule has 21 heavy (non-hydrogen) atoms. The van der Waals surface area contributed by atoms with Gasteiger partial charge in [-0.15, -0.1) is 0 Å². The second-order valence-corrected chi connectivity index (χ2v) is 7.67. The lowest BCUT2D eigenvalue weighted by Crippen LogP contribution is -2.40. The molecular formula is C16H22Cl2N2O. The molecule has 116 valence electrons. The number of rotatable bonds is 3. The van der Waals surface area contributed by atoms with Crippen molar-refractivity contribution in [3.8, 4) is 0 Å². The Kier molecular flexibility index (Phi) is 4.23. The summed E-state index contributed by atoms with van der Waals surface area (Å²) in [5, 5.41) is 15.2. The van der Waals surface area contributed by atoms with Gasteiger partial charge in [0.15, 0.2) is 0 Å². The molecule has 1 aliphatic heterocycles. The largest absolute Gasteiger partial charge is 0.391 e. The maximum absolute atomic E-state index is 10.5. The van der Waals surface area contributed by atoms with Crippen LogP contribution in [0.25, 0.3) is 0 Å². The number of fused-ring (bicyclic) bond motifs is 1. The van der Waals surface area contributed by atoms with Crippen LogP contribution in [0.4, 0.5) is 0 Å². The first kappa shape index (κ1) is 15.6. The van der Waals surface area contributed by atoms with Crippen molar-refractivity contribution in [2.45, 2.75) is 31.9 Å². The summed E-state index contributed by atoms with van der Waals surface area (Å²) in [6, 6.07) is 3.70. The molecule has 1 aromatic rings. The normalized spacial score (nSPS) is 31.9. The van der Waals surface area contributed by atoms with Crippen LogP contribution >= 0.6 is 23.2 Å². The van der Waals surface area contributed by atoms with Crippen molar-refractivity contribution < 1.29 is 5.11 Å². The zero-order chi connectivity index (χ0) is 15.2. The Hall–Kier alpha value is -0.320. The summed E-state index contributed by atoms with van der Waals surface area (Å²) in [6.45, 7) is 5.36. The van der Waals surface area contributed by atoms with Crippen LogP contribution in [0.1, 0.15) is 30.5 Å². The van der Waals surface area contributed by atoms with E-state index in [-0.39, 0.29) is 11.5 Å². The molecule has 0 bridgehead atoms. The molecule has 1 fully saturated rings. The van der Waals surface area contributed by atoms with Crippen LogP contribution in [0.2, 0.25) is 10.0 Å². The van der Waals surface area contributed by atoms with Gasteiger partial charge >= 0.3 is 0 Å². The van der Waals surface area contributed by atoms with Gasteiger partial charge < -0.3 is 10.4 Å². The van der Waals surface area contributed by atoms with Crippen molar-refractivity contribution in [2.24, 2.45) is 5.41 Å². The Bertz CT molecular complexity index is 543. The maximum Gasteiger partial charge on any atom is 0.0777 e. The number of benzene rings is 1. The summed E-state index contributed by atoms with van der Waals surface area (Å²) in [4.78, 5) is 2.26. The van der Waals surface area contributed by atoms with E-state index in [1.807, 2.05) is 6.07 Å². The third kappa shape index (κ3) is 2.95. The highest BCUT2D eigenvalue weighted by atomic mass is 35.5. The van der Waals surface area contributed by atoms with Gasteiger partial charge in [0.25, 0.3) is 0 Å². The summed E-state index contributed by atoms with van der Waals surface area (Å²) in [6.07, 6.45) is 1.36. The Morgan fingerprint density at radius 2 is 2.19 bits per heavy atom. The summed E-state index contributed by atoms with van der Waals surface area (Å²) in [5.74, 6) is 0. The highest BCUT2D eigenvalue weighted by Crippen LogP contribution is 2.42. The minimum atomic E-state index is -0.418. The molecule has 0 saturated carbocycles. The lowest BCUT2D eigenvalue weighted by atomic mass is 9.88. The molecule has 3 atom stereocenters. The van der Waals surface area contributed by atoms with Crippen molar-refractivity contribution in [3.05, 3.63) is 33.3 Å². The molecular weight excluding hydrogens is 307 g/mol. The van der Waals surface area contributed by atoms with E-state index in [0.717, 1.165) is 30.8 Å². The van der Waals surface area contributed by atoms with E-state index < -0.39 is 6.10 Å². The number of hydrogen-bond donors (Lipinski definition) is 2. The third-order valence-electron chi connectivity index (χ3n) is 4.85. The average molecular weight is 329 g/mol. The number of aliphatic hydroxyl groups is 1. The molecule has 3 nitrogen and oxygen atoms in total. The number of likely N-dealkylation sites (N-methyl/N-ethyl adjacent to an activating group) is 1. The number of hydrogen-bond acceptors (Lipinski definition) is 3. The van der Waals surface area contributed by atoms with Crippen LogP contribution in [0, 0.1) is 5.41 Å². The zero-order valence-corrected chi connectivity index (χ0v) is 14.0. The summed E-state index contributed by atoms with van der Waals surface area (Å²) < 4.78 is 0. The van der Waals surface area contributed by atoms with E-state index in [2.05, 4.69) is 24.2 Å². The average Bonchev–Trinajstić information content (AvgIpc) is 2.93. The number of nitrogens with zero attached hydrogens (tertiary/aromatic N) is 1. The Morgan fingerprint density at radius 1 is 1.43 bits per heavy atom. The van der Waals surface area contributed by atoms with Crippen LogP contribution in [0.3, 0.4) is 0 Å². The highest BCUT2D eigenvalue weighted by molar-refractivity contribution is 6.35. The van der Waals surface area contributed by atoms with Crippen LogP contribution in [-0.2, 0) is 6.42 Å². The minimum Gasteiger partial charge on any atom is -0.391 e. The van der Waals surface area contributed by atoms with Gasteiger partial charge in [-0.1, -0.05) is 30.1 Å². The predicted molar refractivity (Wildman–Crippen MR) is 87.1 cm³/mol. The maximum atomic E-state index is 10.5. The minimum absolute atomic E-state index is 0.0198. The molecule has 1 aromatic carbocycles. The fourth-order valence-electron chi connectivity index (χ4n) is 3.87. The molecule has 0 spiro atoms. The van der Waals surface area contributed by atoms with E-state index in [1.165, 1.54) is 6.42 Å². The molecule has 3 rings (SSSR count). The summed E-state index contributed by atoms with van der Waals surface area (Å²) in [5.41, 5.74) is 2.39. The second-order valence-electron chi connectivity index (χ2n) is 6.82. The molecule has 1 aliphatic carbocycles. The Balaban J connectivity index is 1.86. The predicted octanol–water partition coefficient (Wildman–Crippen LogP) is 2.88. The smallest absolute Gasteiger partial charge is 0.0777 e. The molecule has 2 N–H and O–H groups in total. The van der Waals surface area contributed by atoms with E-state index in [9.17, 15) is 5.11 Å². The Morgan fingerprint density at radius 3 is 2.86 bits per heavy atom. The number of halogens is 2. The number of nitrogens with one attached hydrogen (secondary N) is 1. The van der Waals surface area contributed by atoms with Crippen molar-refractivity contribution in [2.75, 3.05) is 26.7 Å². The molecule has 5 heteroatoms. The third-order valence-corrected chi connectivity index (χ3v) is 5.41. The van der Waals surface area contributed by atoms with Gasteiger partial charge in [-0.3, -0.25) is 4.90 Å². The van der Waals surface area contributed by atoms with Gasteiger partial charge in [0, 0.05) is 29.6 Å². The fourth-order valence-corrected chi connectivity index (χ4v) is 4.45. The van der Waals surface area contributed by atoms with E-state index >= 15 is 0 Å². The Labute approximate surface area is 136 Å². The van der Waals surface area contributed by atoms with Crippen LogP contribution in [-0.4, -0.2) is 42.8 Å². The van der Waals surface area contributed by atoms with Crippen LogP contribution in [0.5, 0.6) is 0 Å². The monoisotopic (exact) mass is 328 g/mol. The summed E-state index contributed by atoms with van der Waals surface area (Å²) >= 11 is 12.4. The van der Waals surface area contributed by atoms with Gasteiger partial charge in [0.05, 0.1) is 12.1 Å². The topological polar surface area (TPSA) is 35.5 Å². The standard InChI is InChI=1S/C16H22Cl2N2O/c1-16(3-4-19-8-16)9-20(2)15-12-5-10(17)6-13(18)11(12)7-14(15)21/h5-6,14-15,19,21H,3-4,7-9H2,1-2H3. The van der Waals surface area contributed by atoms with E-state index in [0.29, 0.717) is 16.5 Å². The van der Waals surface area contributed by atoms with Gasteiger partial charge in [0.1, 0.15) is 0 Å². The molecule has 0 amide bonds.